The largest absolute Gasteiger partial charge is 0.310 e. The SMILES string of the molecule is CC1(C)c2cc(-c3ccccc3)ccc2-c2ccc(N(c3ccc(-c4ccc5sc6ccccc6c5c4)cc3)c3ccc(-c4ccc5c6c(cccc46)-c4ccccc4-5)cc3)cc21. The molecule has 0 N–H and O–H groups in total. The van der Waals surface area contributed by atoms with E-state index >= 15 is 0 Å². The molecule has 0 saturated heterocycles. The van der Waals surface area contributed by atoms with Crippen LogP contribution in [0.3, 0.4) is 0 Å². The average molecular weight is 820 g/mol. The highest BCUT2D eigenvalue weighted by molar-refractivity contribution is 7.25. The molecule has 0 spiro atoms. The lowest BCUT2D eigenvalue weighted by molar-refractivity contribution is 0.660. The number of rotatable bonds is 6. The van der Waals surface area contributed by atoms with Crippen molar-refractivity contribution in [1.29, 1.82) is 0 Å². The molecule has 1 aromatic heterocycles. The van der Waals surface area contributed by atoms with Crippen molar-refractivity contribution in [3.8, 4) is 66.8 Å². The first-order valence-electron chi connectivity index (χ1n) is 21.9. The lowest BCUT2D eigenvalue weighted by Gasteiger charge is -2.28. The molecule has 0 aliphatic heterocycles. The number of anilines is 3. The van der Waals surface area contributed by atoms with E-state index < -0.39 is 0 Å². The second-order valence-electron chi connectivity index (χ2n) is 17.7. The molecule has 2 heteroatoms. The smallest absolute Gasteiger partial charge is 0.0465 e. The summed E-state index contributed by atoms with van der Waals surface area (Å²) in [5.74, 6) is 0. The number of hydrogen-bond donors (Lipinski definition) is 0. The van der Waals surface area contributed by atoms with Crippen molar-refractivity contribution in [2.45, 2.75) is 19.3 Å². The third-order valence-electron chi connectivity index (χ3n) is 13.8. The molecule has 63 heavy (non-hydrogen) atoms. The molecule has 0 atom stereocenters. The number of hydrogen-bond acceptors (Lipinski definition) is 2. The van der Waals surface area contributed by atoms with Gasteiger partial charge in [0.25, 0.3) is 0 Å². The zero-order valence-corrected chi connectivity index (χ0v) is 35.9. The molecule has 11 aromatic rings. The highest BCUT2D eigenvalue weighted by Crippen LogP contribution is 2.53. The van der Waals surface area contributed by atoms with Crippen LogP contribution in [0.15, 0.2) is 212 Å². The van der Waals surface area contributed by atoms with Gasteiger partial charge in [-0.3, -0.25) is 0 Å². The van der Waals surface area contributed by atoms with Crippen LogP contribution in [0, 0.1) is 0 Å². The second kappa shape index (κ2) is 13.7. The Morgan fingerprint density at radius 3 is 1.60 bits per heavy atom. The predicted octanol–water partition coefficient (Wildman–Crippen LogP) is 17.6. The van der Waals surface area contributed by atoms with E-state index in [0.29, 0.717) is 0 Å². The molecule has 1 nitrogen and oxygen atoms in total. The molecule has 0 unspecified atom stereocenters. The summed E-state index contributed by atoms with van der Waals surface area (Å²) >= 11 is 1.87. The third kappa shape index (κ3) is 5.55. The third-order valence-corrected chi connectivity index (χ3v) is 15.0. The summed E-state index contributed by atoms with van der Waals surface area (Å²) in [5.41, 5.74) is 21.3. The molecule has 2 aliphatic carbocycles. The zero-order chi connectivity index (χ0) is 41.8. The van der Waals surface area contributed by atoms with Crippen LogP contribution in [-0.2, 0) is 5.41 Å². The fourth-order valence-electron chi connectivity index (χ4n) is 10.7. The Morgan fingerprint density at radius 2 is 0.825 bits per heavy atom. The van der Waals surface area contributed by atoms with E-state index in [0.717, 1.165) is 17.1 Å². The molecule has 1 heterocycles. The van der Waals surface area contributed by atoms with Gasteiger partial charge in [-0.15, -0.1) is 11.3 Å². The van der Waals surface area contributed by atoms with Crippen molar-refractivity contribution in [2.75, 3.05) is 4.90 Å². The average Bonchev–Trinajstić information content (AvgIpc) is 3.95. The lowest BCUT2D eigenvalue weighted by atomic mass is 9.81. The Hall–Kier alpha value is -7.52. The van der Waals surface area contributed by atoms with Crippen molar-refractivity contribution >= 4 is 59.3 Å². The lowest BCUT2D eigenvalue weighted by Crippen LogP contribution is -2.16. The Labute approximate surface area is 371 Å². The fraction of sp³-hybridized carbons (Fsp3) is 0.0492. The number of nitrogens with zero attached hydrogens (tertiary/aromatic N) is 1. The summed E-state index contributed by atoms with van der Waals surface area (Å²) in [5, 5.41) is 5.30. The van der Waals surface area contributed by atoms with E-state index in [9.17, 15) is 0 Å². The van der Waals surface area contributed by atoms with Gasteiger partial charge in [0.05, 0.1) is 0 Å². The van der Waals surface area contributed by atoms with Crippen LogP contribution < -0.4 is 4.90 Å². The van der Waals surface area contributed by atoms with Crippen molar-refractivity contribution in [3.63, 3.8) is 0 Å². The molecule has 0 bridgehead atoms. The maximum atomic E-state index is 2.44. The molecule has 10 aromatic carbocycles. The van der Waals surface area contributed by atoms with E-state index in [1.54, 1.807) is 0 Å². The summed E-state index contributed by atoms with van der Waals surface area (Å²) < 4.78 is 2.66. The standard InChI is InChI=1S/C61H41NS/c1-61(2)56-36-42(38-11-4-3-5-12-38)23-30-49(56)50-31-29-45(37-57(50)61)62(43-25-19-39(20-26-43)41-24-34-59-55(35-41)51-15-8-9-18-58(51)63-59)44-27-21-40(22-28-44)46-32-33-54-48-14-7-6-13-47(48)53-17-10-16-52(46)60(53)54/h3-37H,1-2H3. The summed E-state index contributed by atoms with van der Waals surface area (Å²) in [6.45, 7) is 4.77. The first-order chi connectivity index (χ1) is 31.0. The van der Waals surface area contributed by atoms with Crippen molar-refractivity contribution in [2.24, 2.45) is 0 Å². The topological polar surface area (TPSA) is 3.24 Å². The molecule has 0 saturated carbocycles. The number of thiophene rings is 1. The Morgan fingerprint density at radius 1 is 0.317 bits per heavy atom. The van der Waals surface area contributed by atoms with Crippen molar-refractivity contribution in [1.82, 2.24) is 0 Å². The summed E-state index contributed by atoms with van der Waals surface area (Å²) in [7, 11) is 0. The van der Waals surface area contributed by atoms with E-state index in [2.05, 4.69) is 231 Å². The van der Waals surface area contributed by atoms with Gasteiger partial charge >= 0.3 is 0 Å². The van der Waals surface area contributed by atoms with Crippen molar-refractivity contribution < 1.29 is 0 Å². The minimum atomic E-state index is -0.176. The highest BCUT2D eigenvalue weighted by atomic mass is 32.1. The van der Waals surface area contributed by atoms with Crippen LogP contribution >= 0.6 is 11.3 Å². The maximum absolute atomic E-state index is 2.44. The molecular weight excluding hydrogens is 779 g/mol. The maximum Gasteiger partial charge on any atom is 0.0465 e. The summed E-state index contributed by atoms with van der Waals surface area (Å²) in [6.07, 6.45) is 0. The molecule has 0 fully saturated rings. The van der Waals surface area contributed by atoms with E-state index in [1.807, 2.05) is 11.3 Å². The first kappa shape index (κ1) is 36.2. The van der Waals surface area contributed by atoms with Gasteiger partial charge in [0, 0.05) is 42.6 Å². The summed E-state index contributed by atoms with van der Waals surface area (Å²) in [6, 6.07) is 79.1. The van der Waals surface area contributed by atoms with Crippen LogP contribution in [0.1, 0.15) is 25.0 Å². The van der Waals surface area contributed by atoms with Crippen LogP contribution in [0.5, 0.6) is 0 Å². The van der Waals surface area contributed by atoms with Crippen LogP contribution in [0.25, 0.3) is 97.7 Å². The Kier molecular flexibility index (Phi) is 7.89. The number of fused-ring (bicyclic) bond motifs is 9. The van der Waals surface area contributed by atoms with Gasteiger partial charge in [-0.1, -0.05) is 166 Å². The highest BCUT2D eigenvalue weighted by Gasteiger charge is 2.36. The Bertz CT molecular complexity index is 3600. The predicted molar refractivity (Wildman–Crippen MR) is 270 cm³/mol. The van der Waals surface area contributed by atoms with Gasteiger partial charge < -0.3 is 4.90 Å². The molecule has 13 rings (SSSR count). The fourth-order valence-corrected chi connectivity index (χ4v) is 11.8. The summed E-state index contributed by atoms with van der Waals surface area (Å²) in [4.78, 5) is 2.43. The van der Waals surface area contributed by atoms with Gasteiger partial charge in [-0.25, -0.2) is 0 Å². The molecule has 296 valence electrons. The molecular formula is C61H41NS. The Balaban J connectivity index is 0.915. The van der Waals surface area contributed by atoms with Crippen LogP contribution in [0.2, 0.25) is 0 Å². The van der Waals surface area contributed by atoms with Crippen LogP contribution in [-0.4, -0.2) is 0 Å². The van der Waals surface area contributed by atoms with Gasteiger partial charge in [0.15, 0.2) is 0 Å². The second-order valence-corrected chi connectivity index (χ2v) is 18.7. The van der Waals surface area contributed by atoms with Gasteiger partial charge in [-0.05, 0) is 149 Å². The van der Waals surface area contributed by atoms with E-state index in [-0.39, 0.29) is 5.41 Å². The van der Waals surface area contributed by atoms with Crippen LogP contribution in [0.4, 0.5) is 17.1 Å². The molecule has 2 aliphatic rings. The monoisotopic (exact) mass is 819 g/mol. The van der Waals surface area contributed by atoms with E-state index in [1.165, 1.54) is 109 Å². The van der Waals surface area contributed by atoms with Gasteiger partial charge in [-0.2, -0.15) is 0 Å². The van der Waals surface area contributed by atoms with Crippen molar-refractivity contribution in [3.05, 3.63) is 223 Å². The minimum Gasteiger partial charge on any atom is -0.310 e. The zero-order valence-electron chi connectivity index (χ0n) is 35.1. The molecule has 0 radical (unpaired) electrons. The van der Waals surface area contributed by atoms with Gasteiger partial charge in [0.1, 0.15) is 0 Å². The van der Waals surface area contributed by atoms with E-state index in [4.69, 9.17) is 0 Å². The van der Waals surface area contributed by atoms with Gasteiger partial charge in [0.2, 0.25) is 0 Å². The first-order valence-corrected chi connectivity index (χ1v) is 22.7. The minimum absolute atomic E-state index is 0.176. The number of benzene rings is 10. The quantitative estimate of drug-likeness (QED) is 0.162. The molecule has 0 amide bonds. The normalized spacial score (nSPS) is 13.0.